The molecule has 0 saturated carbocycles. The molecule has 0 fully saturated rings. The number of benzene rings is 1. The zero-order valence-corrected chi connectivity index (χ0v) is 10.5. The number of nitrogens with zero attached hydrogens (tertiary/aromatic N) is 2. The maximum absolute atomic E-state index is 12.1. The van der Waals surface area contributed by atoms with E-state index in [1.54, 1.807) is 30.5 Å². The Kier molecular flexibility index (Phi) is 3.92. The highest BCUT2D eigenvalue weighted by atomic mass is 16.5. The number of hydrogen-bond acceptors (Lipinski definition) is 5. The molecular formula is C13H14N4O2. The molecule has 0 saturated heterocycles. The van der Waals surface area contributed by atoms with Gasteiger partial charge in [0.1, 0.15) is 12.1 Å². The van der Waals surface area contributed by atoms with E-state index in [0.29, 0.717) is 23.5 Å². The molecule has 0 aliphatic heterocycles. The molecular weight excluding hydrogens is 244 g/mol. The standard InChI is InChI=1S/C13H14N4O2/c1-19-12-3-2-9(14)6-11(12)13(18)16-7-10-4-5-15-8-17-10/h2-6,8H,7,14H2,1H3,(H,16,18). The predicted octanol–water partition coefficient (Wildman–Crippen LogP) is 0.997. The molecule has 1 amide bonds. The third-order valence-electron chi connectivity index (χ3n) is 2.54. The second-order valence-electron chi connectivity index (χ2n) is 3.84. The lowest BCUT2D eigenvalue weighted by Crippen LogP contribution is -2.24. The van der Waals surface area contributed by atoms with Crippen LogP contribution in [0.2, 0.25) is 0 Å². The molecule has 1 aromatic heterocycles. The summed E-state index contributed by atoms with van der Waals surface area (Å²) < 4.78 is 5.13. The van der Waals surface area contributed by atoms with Crippen molar-refractivity contribution >= 4 is 11.6 Å². The minimum absolute atomic E-state index is 0.261. The van der Waals surface area contributed by atoms with Crippen molar-refractivity contribution in [2.75, 3.05) is 12.8 Å². The number of amides is 1. The highest BCUT2D eigenvalue weighted by Crippen LogP contribution is 2.20. The van der Waals surface area contributed by atoms with E-state index in [4.69, 9.17) is 10.5 Å². The van der Waals surface area contributed by atoms with Crippen LogP contribution in [0, 0.1) is 0 Å². The average molecular weight is 258 g/mol. The SMILES string of the molecule is COc1ccc(N)cc1C(=O)NCc1ccncn1. The Morgan fingerprint density at radius 3 is 2.95 bits per heavy atom. The highest BCUT2D eigenvalue weighted by molar-refractivity contribution is 5.97. The first kappa shape index (κ1) is 12.8. The van der Waals surface area contributed by atoms with E-state index in [2.05, 4.69) is 15.3 Å². The Balaban J connectivity index is 2.10. The van der Waals surface area contributed by atoms with Crippen molar-refractivity contribution < 1.29 is 9.53 Å². The smallest absolute Gasteiger partial charge is 0.255 e. The Hall–Kier alpha value is -2.63. The van der Waals surface area contributed by atoms with Gasteiger partial charge in [-0.05, 0) is 24.3 Å². The van der Waals surface area contributed by atoms with Gasteiger partial charge in [0.25, 0.3) is 5.91 Å². The van der Waals surface area contributed by atoms with E-state index in [1.165, 1.54) is 13.4 Å². The van der Waals surface area contributed by atoms with Gasteiger partial charge in [0, 0.05) is 11.9 Å². The summed E-state index contributed by atoms with van der Waals surface area (Å²) in [6.07, 6.45) is 3.05. The van der Waals surface area contributed by atoms with Crippen LogP contribution in [-0.2, 0) is 6.54 Å². The molecule has 1 heterocycles. The quantitative estimate of drug-likeness (QED) is 0.798. The fraction of sp³-hybridized carbons (Fsp3) is 0.154. The fourth-order valence-corrected chi connectivity index (χ4v) is 1.59. The van der Waals surface area contributed by atoms with E-state index in [0.717, 1.165) is 5.69 Å². The van der Waals surface area contributed by atoms with Gasteiger partial charge in [0.05, 0.1) is 24.9 Å². The largest absolute Gasteiger partial charge is 0.496 e. The van der Waals surface area contributed by atoms with Gasteiger partial charge in [0.2, 0.25) is 0 Å². The number of ether oxygens (including phenoxy) is 1. The van der Waals surface area contributed by atoms with Crippen molar-refractivity contribution in [3.8, 4) is 5.75 Å². The number of anilines is 1. The van der Waals surface area contributed by atoms with Gasteiger partial charge in [-0.15, -0.1) is 0 Å². The molecule has 6 nitrogen and oxygen atoms in total. The van der Waals surface area contributed by atoms with Gasteiger partial charge < -0.3 is 15.8 Å². The van der Waals surface area contributed by atoms with Crippen LogP contribution in [0.5, 0.6) is 5.75 Å². The molecule has 6 heteroatoms. The first-order chi connectivity index (χ1) is 9.20. The van der Waals surface area contributed by atoms with Gasteiger partial charge in [0.15, 0.2) is 0 Å². The molecule has 0 aliphatic rings. The number of nitrogens with one attached hydrogen (secondary N) is 1. The summed E-state index contributed by atoms with van der Waals surface area (Å²) in [4.78, 5) is 19.9. The van der Waals surface area contributed by atoms with Crippen molar-refractivity contribution in [2.24, 2.45) is 0 Å². The lowest BCUT2D eigenvalue weighted by atomic mass is 10.1. The first-order valence-corrected chi connectivity index (χ1v) is 5.67. The van der Waals surface area contributed by atoms with E-state index in [9.17, 15) is 4.79 Å². The van der Waals surface area contributed by atoms with Crippen LogP contribution in [0.4, 0.5) is 5.69 Å². The lowest BCUT2D eigenvalue weighted by Gasteiger charge is -2.09. The lowest BCUT2D eigenvalue weighted by molar-refractivity contribution is 0.0947. The van der Waals surface area contributed by atoms with Crippen LogP contribution in [0.3, 0.4) is 0 Å². The summed E-state index contributed by atoms with van der Waals surface area (Å²) in [6.45, 7) is 0.319. The third-order valence-corrected chi connectivity index (χ3v) is 2.54. The summed E-state index contributed by atoms with van der Waals surface area (Å²) in [7, 11) is 1.51. The molecule has 0 bridgehead atoms. The van der Waals surface area contributed by atoms with Crippen LogP contribution in [0.15, 0.2) is 36.8 Å². The number of carbonyl (C=O) groups is 1. The number of carbonyl (C=O) groups excluding carboxylic acids is 1. The maximum Gasteiger partial charge on any atom is 0.255 e. The molecule has 0 radical (unpaired) electrons. The molecule has 0 spiro atoms. The van der Waals surface area contributed by atoms with Crippen LogP contribution in [-0.4, -0.2) is 23.0 Å². The Labute approximate surface area is 110 Å². The van der Waals surface area contributed by atoms with Crippen LogP contribution in [0.25, 0.3) is 0 Å². The number of nitrogen functional groups attached to an aromatic ring is 1. The number of hydrogen-bond donors (Lipinski definition) is 2. The summed E-state index contributed by atoms with van der Waals surface area (Å²) in [6, 6.07) is 6.65. The number of rotatable bonds is 4. The molecule has 98 valence electrons. The fourth-order valence-electron chi connectivity index (χ4n) is 1.59. The topological polar surface area (TPSA) is 90.1 Å². The minimum Gasteiger partial charge on any atom is -0.496 e. The van der Waals surface area contributed by atoms with E-state index < -0.39 is 0 Å². The van der Waals surface area contributed by atoms with Crippen molar-refractivity contribution in [1.29, 1.82) is 0 Å². The third kappa shape index (κ3) is 3.19. The van der Waals surface area contributed by atoms with E-state index in [1.807, 2.05) is 0 Å². The average Bonchev–Trinajstić information content (AvgIpc) is 2.46. The summed E-state index contributed by atoms with van der Waals surface area (Å²) in [5.41, 5.74) is 7.31. The van der Waals surface area contributed by atoms with Gasteiger partial charge in [-0.2, -0.15) is 0 Å². The Bertz CT molecular complexity index is 572. The zero-order chi connectivity index (χ0) is 13.7. The van der Waals surface area contributed by atoms with Crippen molar-refractivity contribution in [3.05, 3.63) is 48.0 Å². The normalized spacial score (nSPS) is 9.95. The van der Waals surface area contributed by atoms with Gasteiger partial charge in [-0.1, -0.05) is 0 Å². The highest BCUT2D eigenvalue weighted by Gasteiger charge is 2.12. The summed E-state index contributed by atoms with van der Waals surface area (Å²) >= 11 is 0. The molecule has 0 atom stereocenters. The van der Waals surface area contributed by atoms with Gasteiger partial charge >= 0.3 is 0 Å². The maximum atomic E-state index is 12.1. The second kappa shape index (κ2) is 5.81. The molecule has 0 aliphatic carbocycles. The molecule has 2 rings (SSSR count). The molecule has 0 unspecified atom stereocenters. The van der Waals surface area contributed by atoms with Crippen LogP contribution >= 0.6 is 0 Å². The van der Waals surface area contributed by atoms with Crippen LogP contribution < -0.4 is 15.8 Å². The zero-order valence-electron chi connectivity index (χ0n) is 10.5. The summed E-state index contributed by atoms with van der Waals surface area (Å²) in [5, 5.41) is 2.75. The predicted molar refractivity (Wildman–Crippen MR) is 70.6 cm³/mol. The van der Waals surface area contributed by atoms with Crippen LogP contribution in [0.1, 0.15) is 16.1 Å². The van der Waals surface area contributed by atoms with E-state index >= 15 is 0 Å². The number of nitrogens with two attached hydrogens (primary N) is 1. The Morgan fingerprint density at radius 1 is 1.42 bits per heavy atom. The van der Waals surface area contributed by atoms with Crippen molar-refractivity contribution in [1.82, 2.24) is 15.3 Å². The first-order valence-electron chi connectivity index (χ1n) is 5.67. The Morgan fingerprint density at radius 2 is 2.26 bits per heavy atom. The van der Waals surface area contributed by atoms with Gasteiger partial charge in [-0.25, -0.2) is 9.97 Å². The second-order valence-corrected chi connectivity index (χ2v) is 3.84. The van der Waals surface area contributed by atoms with Gasteiger partial charge in [-0.3, -0.25) is 4.79 Å². The molecule has 1 aromatic carbocycles. The monoisotopic (exact) mass is 258 g/mol. The minimum atomic E-state index is -0.261. The molecule has 3 N–H and O–H groups in total. The van der Waals surface area contributed by atoms with E-state index in [-0.39, 0.29) is 5.91 Å². The summed E-state index contributed by atoms with van der Waals surface area (Å²) in [5.74, 6) is 0.220. The number of aromatic nitrogens is 2. The number of methoxy groups -OCH3 is 1. The molecule has 19 heavy (non-hydrogen) atoms. The van der Waals surface area contributed by atoms with Crippen molar-refractivity contribution in [2.45, 2.75) is 6.54 Å². The molecule has 2 aromatic rings. The van der Waals surface area contributed by atoms with Crippen molar-refractivity contribution in [3.63, 3.8) is 0 Å².